The minimum absolute atomic E-state index is 0.215. The molecule has 0 saturated heterocycles. The Kier molecular flexibility index (Phi) is 3.99. The summed E-state index contributed by atoms with van der Waals surface area (Å²) in [6, 6.07) is 7.26. The summed E-state index contributed by atoms with van der Waals surface area (Å²) in [5.41, 5.74) is 1.13. The van der Waals surface area contributed by atoms with Crippen LogP contribution in [0.1, 0.15) is 29.6 Å². The highest BCUT2D eigenvalue weighted by molar-refractivity contribution is 6.02. The van der Waals surface area contributed by atoms with Gasteiger partial charge in [-0.2, -0.15) is 0 Å². The van der Waals surface area contributed by atoms with Crippen molar-refractivity contribution in [2.75, 3.05) is 6.61 Å². The predicted molar refractivity (Wildman–Crippen MR) is 69.8 cm³/mol. The number of carbonyl (C=O) groups is 1. The molecule has 0 aliphatic rings. The van der Waals surface area contributed by atoms with E-state index in [4.69, 9.17) is 5.11 Å². The molecule has 1 aromatic carbocycles. The van der Waals surface area contributed by atoms with Crippen LogP contribution in [0.15, 0.2) is 30.5 Å². The molecule has 2 N–H and O–H groups in total. The molecule has 96 valence electrons. The molecule has 2 rings (SSSR count). The van der Waals surface area contributed by atoms with Crippen LogP contribution >= 0.6 is 0 Å². The van der Waals surface area contributed by atoms with E-state index in [-0.39, 0.29) is 6.61 Å². The van der Waals surface area contributed by atoms with Crippen LogP contribution in [0.3, 0.4) is 0 Å². The van der Waals surface area contributed by atoms with E-state index in [1.807, 2.05) is 22.9 Å². The Morgan fingerprint density at radius 3 is 2.72 bits per heavy atom. The fourth-order valence-corrected chi connectivity index (χ4v) is 2.19. The van der Waals surface area contributed by atoms with Gasteiger partial charge in [-0.05, 0) is 31.4 Å². The summed E-state index contributed by atoms with van der Waals surface area (Å²) in [7, 11) is 0. The van der Waals surface area contributed by atoms with Crippen LogP contribution in [0, 0.1) is 0 Å². The molecule has 0 bridgehead atoms. The molecule has 0 amide bonds. The minimum atomic E-state index is -0.893. The lowest BCUT2D eigenvalue weighted by molar-refractivity contribution is 0.0698. The smallest absolute Gasteiger partial charge is 0.337 e. The van der Waals surface area contributed by atoms with Gasteiger partial charge in [-0.15, -0.1) is 0 Å². The van der Waals surface area contributed by atoms with Crippen LogP contribution in [0.5, 0.6) is 0 Å². The molecule has 0 aliphatic carbocycles. The summed E-state index contributed by atoms with van der Waals surface area (Å²) >= 11 is 0. The normalized spacial score (nSPS) is 10.9. The molecule has 0 spiro atoms. The summed E-state index contributed by atoms with van der Waals surface area (Å²) < 4.78 is 1.98. The maximum absolute atomic E-state index is 11.2. The summed E-state index contributed by atoms with van der Waals surface area (Å²) in [5.74, 6) is -0.893. The molecule has 4 nitrogen and oxygen atoms in total. The Bertz CT molecular complexity index is 545. The molecule has 0 atom stereocenters. The van der Waals surface area contributed by atoms with Crippen molar-refractivity contribution < 1.29 is 15.0 Å². The predicted octanol–water partition coefficient (Wildman–Crippen LogP) is 2.50. The average Bonchev–Trinajstić information content (AvgIpc) is 2.77. The van der Waals surface area contributed by atoms with Gasteiger partial charge in [0, 0.05) is 24.7 Å². The zero-order valence-corrected chi connectivity index (χ0v) is 10.2. The first-order chi connectivity index (χ1) is 8.74. The third-order valence-electron chi connectivity index (χ3n) is 3.08. The van der Waals surface area contributed by atoms with Crippen molar-refractivity contribution in [2.24, 2.45) is 0 Å². The number of aliphatic hydroxyl groups excluding tert-OH is 1. The van der Waals surface area contributed by atoms with E-state index in [0.717, 1.165) is 36.7 Å². The number of rotatable bonds is 6. The highest BCUT2D eigenvalue weighted by Crippen LogP contribution is 2.21. The van der Waals surface area contributed by atoms with Gasteiger partial charge in [0.2, 0.25) is 0 Å². The van der Waals surface area contributed by atoms with Crippen molar-refractivity contribution in [3.63, 3.8) is 0 Å². The Balaban J connectivity index is 2.25. The van der Waals surface area contributed by atoms with E-state index in [2.05, 4.69) is 0 Å². The number of aliphatic hydroxyl groups is 1. The molecular weight excluding hydrogens is 230 g/mol. The monoisotopic (exact) mass is 247 g/mol. The molecule has 18 heavy (non-hydrogen) atoms. The number of fused-ring (bicyclic) bond motifs is 1. The minimum Gasteiger partial charge on any atom is -0.478 e. The van der Waals surface area contributed by atoms with Gasteiger partial charge in [-0.25, -0.2) is 4.79 Å². The van der Waals surface area contributed by atoms with Gasteiger partial charge in [0.1, 0.15) is 0 Å². The Morgan fingerprint density at radius 2 is 2.00 bits per heavy atom. The number of benzene rings is 1. The van der Waals surface area contributed by atoms with Gasteiger partial charge < -0.3 is 14.8 Å². The molecule has 1 aromatic heterocycles. The lowest BCUT2D eigenvalue weighted by atomic mass is 10.1. The van der Waals surface area contributed by atoms with E-state index >= 15 is 0 Å². The molecule has 0 saturated carbocycles. The van der Waals surface area contributed by atoms with E-state index in [1.54, 1.807) is 12.1 Å². The number of unbranched alkanes of at least 4 members (excludes halogenated alkanes) is 2. The van der Waals surface area contributed by atoms with Crippen LogP contribution in [0.25, 0.3) is 10.9 Å². The highest BCUT2D eigenvalue weighted by atomic mass is 16.4. The fraction of sp³-hybridized carbons (Fsp3) is 0.357. The van der Waals surface area contributed by atoms with Crippen molar-refractivity contribution >= 4 is 16.9 Å². The lowest BCUT2D eigenvalue weighted by Crippen LogP contribution is -2.03. The van der Waals surface area contributed by atoms with Gasteiger partial charge in [-0.3, -0.25) is 0 Å². The largest absolute Gasteiger partial charge is 0.478 e. The number of nitrogens with zero attached hydrogens (tertiary/aromatic N) is 1. The number of hydrogen-bond acceptors (Lipinski definition) is 2. The van der Waals surface area contributed by atoms with Crippen LogP contribution in [-0.2, 0) is 6.54 Å². The highest BCUT2D eigenvalue weighted by Gasteiger charge is 2.11. The van der Waals surface area contributed by atoms with E-state index < -0.39 is 5.97 Å². The zero-order valence-electron chi connectivity index (χ0n) is 10.2. The second-order valence-electron chi connectivity index (χ2n) is 4.34. The molecule has 0 radical (unpaired) electrons. The molecule has 0 unspecified atom stereocenters. The Hall–Kier alpha value is -1.81. The van der Waals surface area contributed by atoms with Crippen molar-refractivity contribution in [1.29, 1.82) is 0 Å². The van der Waals surface area contributed by atoms with Crippen LogP contribution in [0.4, 0.5) is 0 Å². The summed E-state index contributed by atoms with van der Waals surface area (Å²) in [5, 5.41) is 18.9. The van der Waals surface area contributed by atoms with Gasteiger partial charge >= 0.3 is 5.97 Å². The SMILES string of the molecule is O=C(O)c1cccc2ccn(CCCCCO)c12. The molecule has 4 heteroatoms. The van der Waals surface area contributed by atoms with Crippen molar-refractivity contribution in [3.05, 3.63) is 36.0 Å². The number of carboxylic acids is 1. The first-order valence-electron chi connectivity index (χ1n) is 6.16. The summed E-state index contributed by atoms with van der Waals surface area (Å²) in [4.78, 5) is 11.2. The summed E-state index contributed by atoms with van der Waals surface area (Å²) in [6.07, 6.45) is 4.62. The number of aromatic carboxylic acids is 1. The van der Waals surface area contributed by atoms with E-state index in [9.17, 15) is 9.90 Å². The number of aromatic nitrogens is 1. The van der Waals surface area contributed by atoms with Crippen LogP contribution < -0.4 is 0 Å². The van der Waals surface area contributed by atoms with Crippen molar-refractivity contribution in [2.45, 2.75) is 25.8 Å². The number of aryl methyl sites for hydroxylation is 1. The van der Waals surface area contributed by atoms with Gasteiger partial charge in [-0.1, -0.05) is 12.1 Å². The van der Waals surface area contributed by atoms with Crippen molar-refractivity contribution in [1.82, 2.24) is 4.57 Å². The van der Waals surface area contributed by atoms with Gasteiger partial charge in [0.25, 0.3) is 0 Å². The summed E-state index contributed by atoms with van der Waals surface area (Å²) in [6.45, 7) is 1.00. The molecule has 2 aromatic rings. The van der Waals surface area contributed by atoms with E-state index in [0.29, 0.717) is 5.56 Å². The molecule has 0 fully saturated rings. The molecular formula is C14H17NO3. The van der Waals surface area contributed by atoms with Crippen LogP contribution in [0.2, 0.25) is 0 Å². The average molecular weight is 247 g/mol. The quantitative estimate of drug-likeness (QED) is 0.771. The first kappa shape index (κ1) is 12.6. The van der Waals surface area contributed by atoms with Gasteiger partial charge in [0.05, 0.1) is 11.1 Å². The van der Waals surface area contributed by atoms with Crippen LogP contribution in [-0.4, -0.2) is 27.4 Å². The third-order valence-corrected chi connectivity index (χ3v) is 3.08. The number of para-hydroxylation sites is 1. The number of hydrogen-bond donors (Lipinski definition) is 2. The Labute approximate surface area is 105 Å². The third kappa shape index (κ3) is 2.54. The fourth-order valence-electron chi connectivity index (χ4n) is 2.19. The molecule has 0 aliphatic heterocycles. The second-order valence-corrected chi connectivity index (χ2v) is 4.34. The maximum atomic E-state index is 11.2. The van der Waals surface area contributed by atoms with Crippen molar-refractivity contribution in [3.8, 4) is 0 Å². The zero-order chi connectivity index (χ0) is 13.0. The molecule has 1 heterocycles. The Morgan fingerprint density at radius 1 is 1.17 bits per heavy atom. The number of carboxylic acid groups (broad SMARTS) is 1. The van der Waals surface area contributed by atoms with Gasteiger partial charge in [0.15, 0.2) is 0 Å². The maximum Gasteiger partial charge on any atom is 0.337 e. The first-order valence-corrected chi connectivity index (χ1v) is 6.16. The second kappa shape index (κ2) is 5.69. The topological polar surface area (TPSA) is 62.5 Å². The standard InChI is InChI=1S/C14H17NO3/c16-10-3-1-2-8-15-9-7-11-5-4-6-12(13(11)15)14(17)18/h4-7,9,16H,1-3,8,10H2,(H,17,18). The van der Waals surface area contributed by atoms with E-state index in [1.165, 1.54) is 0 Å². The lowest BCUT2D eigenvalue weighted by Gasteiger charge is -2.07.